The van der Waals surface area contributed by atoms with Crippen LogP contribution in [-0.2, 0) is 0 Å². The standard InChI is InChI=1S/C8H9BN2O3/c1-5-7(6-2-3-14-4-6)10-11-8(5)9(12)13/h2-4,12-13H,1H3,(H,10,11). The Kier molecular flexibility index (Phi) is 2.15. The molecule has 0 aliphatic carbocycles. The lowest BCUT2D eigenvalue weighted by molar-refractivity contribution is 0.424. The second kappa shape index (κ2) is 3.32. The highest BCUT2D eigenvalue weighted by Gasteiger charge is 2.20. The predicted octanol–water partition coefficient (Wildman–Crippen LogP) is -0.342. The molecule has 0 atom stereocenters. The van der Waals surface area contributed by atoms with Crippen LogP contribution in [0.2, 0.25) is 0 Å². The normalized spacial score (nSPS) is 10.5. The molecule has 0 aliphatic heterocycles. The maximum absolute atomic E-state index is 8.98. The number of aromatic nitrogens is 2. The molecule has 0 unspecified atom stereocenters. The summed E-state index contributed by atoms with van der Waals surface area (Å²) in [6.45, 7) is 1.76. The van der Waals surface area contributed by atoms with E-state index in [1.165, 1.54) is 0 Å². The maximum atomic E-state index is 8.98. The fourth-order valence-electron chi connectivity index (χ4n) is 1.34. The van der Waals surface area contributed by atoms with Gasteiger partial charge in [0, 0.05) is 5.56 Å². The second-order valence-corrected chi connectivity index (χ2v) is 3.00. The van der Waals surface area contributed by atoms with Crippen molar-refractivity contribution in [2.75, 3.05) is 0 Å². The van der Waals surface area contributed by atoms with Crippen molar-refractivity contribution in [3.8, 4) is 11.3 Å². The van der Waals surface area contributed by atoms with Gasteiger partial charge in [0.1, 0.15) is 0 Å². The molecule has 0 aliphatic rings. The molecule has 0 bridgehead atoms. The highest BCUT2D eigenvalue weighted by molar-refractivity contribution is 6.58. The van der Waals surface area contributed by atoms with E-state index in [2.05, 4.69) is 10.2 Å². The highest BCUT2D eigenvalue weighted by Crippen LogP contribution is 2.19. The number of nitrogens with zero attached hydrogens (tertiary/aromatic N) is 1. The molecule has 14 heavy (non-hydrogen) atoms. The Morgan fingerprint density at radius 1 is 1.50 bits per heavy atom. The van der Waals surface area contributed by atoms with E-state index in [9.17, 15) is 0 Å². The lowest BCUT2D eigenvalue weighted by Gasteiger charge is -1.95. The van der Waals surface area contributed by atoms with Crippen LogP contribution in [0.5, 0.6) is 0 Å². The lowest BCUT2D eigenvalue weighted by Crippen LogP contribution is -2.33. The van der Waals surface area contributed by atoms with Crippen LogP contribution in [0.25, 0.3) is 11.3 Å². The van der Waals surface area contributed by atoms with Gasteiger partial charge in [-0.05, 0) is 18.6 Å². The Hall–Kier alpha value is -1.53. The molecule has 0 saturated heterocycles. The van der Waals surface area contributed by atoms with Gasteiger partial charge >= 0.3 is 7.12 Å². The lowest BCUT2D eigenvalue weighted by atomic mass is 9.83. The minimum Gasteiger partial charge on any atom is -0.472 e. The van der Waals surface area contributed by atoms with Crippen molar-refractivity contribution in [2.45, 2.75) is 6.92 Å². The van der Waals surface area contributed by atoms with E-state index in [4.69, 9.17) is 14.5 Å². The zero-order valence-electron chi connectivity index (χ0n) is 7.56. The molecule has 2 aromatic rings. The second-order valence-electron chi connectivity index (χ2n) is 3.00. The molecule has 0 fully saturated rings. The van der Waals surface area contributed by atoms with Crippen molar-refractivity contribution < 1.29 is 14.5 Å². The molecule has 5 nitrogen and oxygen atoms in total. The van der Waals surface area contributed by atoms with Crippen molar-refractivity contribution in [3.63, 3.8) is 0 Å². The maximum Gasteiger partial charge on any atom is 0.507 e. The van der Waals surface area contributed by atoms with Crippen LogP contribution in [-0.4, -0.2) is 27.4 Å². The van der Waals surface area contributed by atoms with E-state index in [0.29, 0.717) is 16.9 Å². The zero-order valence-corrected chi connectivity index (χ0v) is 7.56. The van der Waals surface area contributed by atoms with Gasteiger partial charge in [0.25, 0.3) is 0 Å². The summed E-state index contributed by atoms with van der Waals surface area (Å²) in [4.78, 5) is 0. The average molecular weight is 192 g/mol. The third kappa shape index (κ3) is 1.34. The number of aromatic amines is 1. The summed E-state index contributed by atoms with van der Waals surface area (Å²) in [5, 5.41) is 24.5. The number of hydrogen-bond acceptors (Lipinski definition) is 4. The molecule has 3 N–H and O–H groups in total. The molecule has 72 valence electrons. The van der Waals surface area contributed by atoms with Crippen molar-refractivity contribution in [2.24, 2.45) is 0 Å². The van der Waals surface area contributed by atoms with Crippen molar-refractivity contribution in [1.82, 2.24) is 10.2 Å². The summed E-state index contributed by atoms with van der Waals surface area (Å²) in [5.41, 5.74) is 2.50. The van der Waals surface area contributed by atoms with Gasteiger partial charge in [-0.3, -0.25) is 5.10 Å². The van der Waals surface area contributed by atoms with Crippen LogP contribution in [0.15, 0.2) is 23.0 Å². The van der Waals surface area contributed by atoms with E-state index in [-0.39, 0.29) is 0 Å². The quantitative estimate of drug-likeness (QED) is 0.568. The molecule has 0 aromatic carbocycles. The van der Waals surface area contributed by atoms with Gasteiger partial charge in [-0.1, -0.05) is 0 Å². The fraction of sp³-hybridized carbons (Fsp3) is 0.125. The van der Waals surface area contributed by atoms with Gasteiger partial charge < -0.3 is 14.5 Å². The van der Waals surface area contributed by atoms with E-state index in [1.807, 2.05) is 0 Å². The van der Waals surface area contributed by atoms with Crippen LogP contribution in [0.4, 0.5) is 0 Å². The van der Waals surface area contributed by atoms with Crippen LogP contribution in [0.1, 0.15) is 5.56 Å². The minimum absolute atomic E-state index is 0.307. The topological polar surface area (TPSA) is 82.3 Å². The van der Waals surface area contributed by atoms with Crippen molar-refractivity contribution >= 4 is 12.7 Å². The smallest absolute Gasteiger partial charge is 0.472 e. The van der Waals surface area contributed by atoms with Gasteiger partial charge in [-0.2, -0.15) is 5.10 Å². The van der Waals surface area contributed by atoms with Crippen molar-refractivity contribution in [3.05, 3.63) is 24.2 Å². The Labute approximate surface area is 80.5 Å². The fourth-order valence-corrected chi connectivity index (χ4v) is 1.34. The third-order valence-electron chi connectivity index (χ3n) is 2.10. The van der Waals surface area contributed by atoms with Crippen LogP contribution >= 0.6 is 0 Å². The summed E-state index contributed by atoms with van der Waals surface area (Å²) in [6, 6.07) is 1.76. The zero-order chi connectivity index (χ0) is 10.1. The Morgan fingerprint density at radius 3 is 2.79 bits per heavy atom. The van der Waals surface area contributed by atoms with E-state index < -0.39 is 7.12 Å². The minimum atomic E-state index is -1.52. The number of hydrogen-bond donors (Lipinski definition) is 3. The third-order valence-corrected chi connectivity index (χ3v) is 2.10. The summed E-state index contributed by atoms with van der Waals surface area (Å²) in [7, 11) is -1.52. The van der Waals surface area contributed by atoms with E-state index >= 15 is 0 Å². The van der Waals surface area contributed by atoms with Gasteiger partial charge in [0.2, 0.25) is 0 Å². The first-order chi connectivity index (χ1) is 6.70. The molecule has 0 saturated carbocycles. The molecule has 0 radical (unpaired) electrons. The molecule has 6 heteroatoms. The first-order valence-corrected chi connectivity index (χ1v) is 4.13. The summed E-state index contributed by atoms with van der Waals surface area (Å²) >= 11 is 0. The molecule has 0 spiro atoms. The van der Waals surface area contributed by atoms with Gasteiger partial charge in [0.05, 0.1) is 23.8 Å². The molecular formula is C8H9BN2O3. The van der Waals surface area contributed by atoms with Crippen molar-refractivity contribution in [1.29, 1.82) is 0 Å². The number of furan rings is 1. The largest absolute Gasteiger partial charge is 0.507 e. The van der Waals surface area contributed by atoms with Gasteiger partial charge in [0.15, 0.2) is 0 Å². The number of nitrogens with one attached hydrogen (secondary N) is 1. The van der Waals surface area contributed by atoms with Gasteiger partial charge in [-0.25, -0.2) is 0 Å². The Morgan fingerprint density at radius 2 is 2.29 bits per heavy atom. The van der Waals surface area contributed by atoms with Crippen LogP contribution < -0.4 is 5.59 Å². The molecule has 2 aromatic heterocycles. The monoisotopic (exact) mass is 192 g/mol. The molecule has 0 amide bonds. The van der Waals surface area contributed by atoms with Gasteiger partial charge in [-0.15, -0.1) is 0 Å². The van der Waals surface area contributed by atoms with E-state index in [1.54, 1.807) is 25.5 Å². The predicted molar refractivity (Wildman–Crippen MR) is 50.9 cm³/mol. The first kappa shape index (κ1) is 9.05. The Bertz CT molecular complexity index is 422. The highest BCUT2D eigenvalue weighted by atomic mass is 16.4. The van der Waals surface area contributed by atoms with Crippen LogP contribution in [0.3, 0.4) is 0 Å². The van der Waals surface area contributed by atoms with Crippen LogP contribution in [0, 0.1) is 6.92 Å². The summed E-state index contributed by atoms with van der Waals surface area (Å²) in [5.74, 6) is 0. The first-order valence-electron chi connectivity index (χ1n) is 4.13. The summed E-state index contributed by atoms with van der Waals surface area (Å²) in [6.07, 6.45) is 3.09. The number of H-pyrrole nitrogens is 1. The average Bonchev–Trinajstić information content (AvgIpc) is 2.71. The summed E-state index contributed by atoms with van der Waals surface area (Å²) < 4.78 is 4.91. The Balaban J connectivity index is 2.47. The molecule has 2 rings (SSSR count). The van der Waals surface area contributed by atoms with E-state index in [0.717, 1.165) is 5.56 Å². The molecule has 2 heterocycles. The SMILES string of the molecule is Cc1c(-c2ccoc2)n[nH]c1B(O)O. The molecular weight excluding hydrogens is 183 g/mol. The number of rotatable bonds is 2.